The van der Waals surface area contributed by atoms with Crippen molar-refractivity contribution >= 4 is 32.5 Å². The molecular weight excluding hydrogens is 302 g/mol. The molecule has 1 fully saturated rings. The van der Waals surface area contributed by atoms with E-state index < -0.39 is 16.1 Å². The second kappa shape index (κ2) is 5.66. The van der Waals surface area contributed by atoms with Gasteiger partial charge in [0.05, 0.1) is 17.5 Å². The van der Waals surface area contributed by atoms with E-state index in [2.05, 4.69) is 10.3 Å². The fourth-order valence-corrected chi connectivity index (χ4v) is 3.94. The Labute approximate surface area is 129 Å². The predicted molar refractivity (Wildman–Crippen MR) is 84.9 cm³/mol. The topological polar surface area (TPSA) is 79.4 Å². The van der Waals surface area contributed by atoms with Crippen molar-refractivity contribution in [1.29, 1.82) is 0 Å². The molecule has 1 atom stereocenters. The number of anilines is 1. The zero-order valence-corrected chi connectivity index (χ0v) is 13.0. The Morgan fingerprint density at radius 1 is 1.32 bits per heavy atom. The Morgan fingerprint density at radius 2 is 2.09 bits per heavy atom. The number of carbonyl (C=O) groups excluding carboxylic acids is 1. The monoisotopic (exact) mass is 319 g/mol. The Bertz CT molecular complexity index is 814. The summed E-state index contributed by atoms with van der Waals surface area (Å²) in [5, 5.41) is 3.74. The molecule has 0 saturated carbocycles. The van der Waals surface area contributed by atoms with Gasteiger partial charge < -0.3 is 5.32 Å². The number of hydrogen-bond donors (Lipinski definition) is 1. The molecule has 0 bridgehead atoms. The molecule has 3 rings (SSSR count). The van der Waals surface area contributed by atoms with Gasteiger partial charge in [0.1, 0.15) is 6.04 Å². The summed E-state index contributed by atoms with van der Waals surface area (Å²) in [6.45, 7) is 0.394. The van der Waals surface area contributed by atoms with Gasteiger partial charge in [-0.15, -0.1) is 0 Å². The van der Waals surface area contributed by atoms with Gasteiger partial charge in [-0.2, -0.15) is 4.31 Å². The van der Waals surface area contributed by atoms with Crippen LogP contribution >= 0.6 is 0 Å². The molecule has 0 radical (unpaired) electrons. The molecule has 1 aromatic heterocycles. The van der Waals surface area contributed by atoms with E-state index in [1.54, 1.807) is 12.3 Å². The van der Waals surface area contributed by atoms with Gasteiger partial charge in [-0.1, -0.05) is 18.2 Å². The maximum absolute atomic E-state index is 12.5. The van der Waals surface area contributed by atoms with E-state index >= 15 is 0 Å². The highest BCUT2D eigenvalue weighted by molar-refractivity contribution is 7.88. The number of fused-ring (bicyclic) bond motifs is 1. The van der Waals surface area contributed by atoms with Crippen molar-refractivity contribution in [3.05, 3.63) is 36.5 Å². The molecule has 116 valence electrons. The lowest BCUT2D eigenvalue weighted by Gasteiger charge is -2.21. The molecule has 1 N–H and O–H groups in total. The maximum Gasteiger partial charge on any atom is 0.242 e. The number of nitrogens with zero attached hydrogens (tertiary/aromatic N) is 2. The summed E-state index contributed by atoms with van der Waals surface area (Å²) >= 11 is 0. The van der Waals surface area contributed by atoms with Crippen molar-refractivity contribution in [3.8, 4) is 0 Å². The minimum absolute atomic E-state index is 0.305. The van der Waals surface area contributed by atoms with Crippen LogP contribution in [0.4, 0.5) is 5.69 Å². The lowest BCUT2D eigenvalue weighted by Crippen LogP contribution is -2.42. The number of amides is 1. The molecule has 0 spiro atoms. The molecule has 7 heteroatoms. The molecule has 6 nitrogen and oxygen atoms in total. The number of carbonyl (C=O) groups is 1. The molecule has 1 aliphatic heterocycles. The van der Waals surface area contributed by atoms with Gasteiger partial charge in [-0.3, -0.25) is 9.78 Å². The van der Waals surface area contributed by atoms with Crippen LogP contribution in [0, 0.1) is 0 Å². The normalized spacial score (nSPS) is 19.4. The van der Waals surface area contributed by atoms with Crippen LogP contribution in [0.15, 0.2) is 36.5 Å². The smallest absolute Gasteiger partial charge is 0.242 e. The van der Waals surface area contributed by atoms with Crippen LogP contribution in [0.5, 0.6) is 0 Å². The number of para-hydroxylation sites is 1. The van der Waals surface area contributed by atoms with Crippen LogP contribution in [0.25, 0.3) is 10.9 Å². The molecule has 1 aromatic carbocycles. The van der Waals surface area contributed by atoms with Gasteiger partial charge in [0.2, 0.25) is 15.9 Å². The number of nitrogens with one attached hydrogen (secondary N) is 1. The molecule has 2 heterocycles. The van der Waals surface area contributed by atoms with Crippen LogP contribution in [0.1, 0.15) is 12.8 Å². The van der Waals surface area contributed by atoms with Crippen molar-refractivity contribution in [2.24, 2.45) is 0 Å². The largest absolute Gasteiger partial charge is 0.323 e. The number of pyridine rings is 1. The Morgan fingerprint density at radius 3 is 2.86 bits per heavy atom. The van der Waals surface area contributed by atoms with E-state index in [0.717, 1.165) is 11.6 Å². The van der Waals surface area contributed by atoms with Gasteiger partial charge in [-0.05, 0) is 25.0 Å². The predicted octanol–water partition coefficient (Wildman–Crippen LogP) is 1.60. The molecule has 22 heavy (non-hydrogen) atoms. The van der Waals surface area contributed by atoms with Crippen LogP contribution in [-0.4, -0.2) is 42.5 Å². The number of aromatic nitrogens is 1. The highest BCUT2D eigenvalue weighted by atomic mass is 32.2. The summed E-state index contributed by atoms with van der Waals surface area (Å²) < 4.78 is 24.8. The first-order chi connectivity index (χ1) is 10.5. The third-order valence-corrected chi connectivity index (χ3v) is 5.11. The standard InChI is InChI=1S/C15H17N3O3S/c1-22(20,21)18-10-4-8-13(18)15(19)17-12-7-2-5-11-6-3-9-16-14(11)12/h2-3,5-7,9,13H,4,8,10H2,1H3,(H,17,19). The average Bonchev–Trinajstić information content (AvgIpc) is 2.97. The molecule has 2 aromatic rings. The number of rotatable bonds is 3. The van der Waals surface area contributed by atoms with E-state index in [-0.39, 0.29) is 5.91 Å². The summed E-state index contributed by atoms with van der Waals surface area (Å²) in [6, 6.07) is 8.62. The van der Waals surface area contributed by atoms with Crippen molar-refractivity contribution in [2.75, 3.05) is 18.1 Å². The lowest BCUT2D eigenvalue weighted by atomic mass is 10.1. The number of benzene rings is 1. The van der Waals surface area contributed by atoms with Crippen molar-refractivity contribution in [3.63, 3.8) is 0 Å². The van der Waals surface area contributed by atoms with Gasteiger partial charge in [-0.25, -0.2) is 8.42 Å². The average molecular weight is 319 g/mol. The van der Waals surface area contributed by atoms with Crippen LogP contribution in [0.3, 0.4) is 0 Å². The highest BCUT2D eigenvalue weighted by Gasteiger charge is 2.36. The fraction of sp³-hybridized carbons (Fsp3) is 0.333. The first-order valence-electron chi connectivity index (χ1n) is 7.08. The first-order valence-corrected chi connectivity index (χ1v) is 8.93. The quantitative estimate of drug-likeness (QED) is 0.932. The van der Waals surface area contributed by atoms with E-state index in [0.29, 0.717) is 30.6 Å². The zero-order chi connectivity index (χ0) is 15.7. The molecule has 1 amide bonds. The number of sulfonamides is 1. The Hall–Kier alpha value is -1.99. The van der Waals surface area contributed by atoms with Gasteiger partial charge >= 0.3 is 0 Å². The molecular formula is C15H17N3O3S. The summed E-state index contributed by atoms with van der Waals surface area (Å²) in [5.41, 5.74) is 1.30. The summed E-state index contributed by atoms with van der Waals surface area (Å²) in [6.07, 6.45) is 4.03. The third-order valence-electron chi connectivity index (χ3n) is 3.82. The maximum atomic E-state index is 12.5. The summed E-state index contributed by atoms with van der Waals surface area (Å²) in [7, 11) is -3.37. The van der Waals surface area contributed by atoms with Gasteiger partial charge in [0.15, 0.2) is 0 Å². The minimum atomic E-state index is -3.37. The lowest BCUT2D eigenvalue weighted by molar-refractivity contribution is -0.119. The first kappa shape index (κ1) is 14.9. The Balaban J connectivity index is 1.87. The van der Waals surface area contributed by atoms with Gasteiger partial charge in [0.25, 0.3) is 0 Å². The second-order valence-corrected chi connectivity index (χ2v) is 7.34. The number of hydrogen-bond acceptors (Lipinski definition) is 4. The molecule has 1 saturated heterocycles. The molecule has 0 aliphatic carbocycles. The highest BCUT2D eigenvalue weighted by Crippen LogP contribution is 2.24. The Kier molecular flexibility index (Phi) is 3.84. The van der Waals surface area contributed by atoms with Crippen molar-refractivity contribution in [1.82, 2.24) is 9.29 Å². The molecule has 1 unspecified atom stereocenters. The van der Waals surface area contributed by atoms with Crippen LogP contribution in [-0.2, 0) is 14.8 Å². The summed E-state index contributed by atoms with van der Waals surface area (Å²) in [4.78, 5) is 16.8. The second-order valence-electron chi connectivity index (χ2n) is 5.40. The van der Waals surface area contributed by atoms with Gasteiger partial charge in [0, 0.05) is 18.1 Å². The van der Waals surface area contributed by atoms with Crippen LogP contribution < -0.4 is 5.32 Å². The van der Waals surface area contributed by atoms with E-state index in [9.17, 15) is 13.2 Å². The zero-order valence-electron chi connectivity index (χ0n) is 12.2. The van der Waals surface area contributed by atoms with Crippen molar-refractivity contribution < 1.29 is 13.2 Å². The van der Waals surface area contributed by atoms with Crippen LogP contribution in [0.2, 0.25) is 0 Å². The van der Waals surface area contributed by atoms with E-state index in [1.807, 2.05) is 24.3 Å². The summed E-state index contributed by atoms with van der Waals surface area (Å²) in [5.74, 6) is -0.305. The third kappa shape index (κ3) is 2.82. The minimum Gasteiger partial charge on any atom is -0.323 e. The SMILES string of the molecule is CS(=O)(=O)N1CCCC1C(=O)Nc1cccc2cccnc12. The molecule has 1 aliphatic rings. The van der Waals surface area contributed by atoms with Crippen molar-refractivity contribution in [2.45, 2.75) is 18.9 Å². The fourth-order valence-electron chi connectivity index (χ4n) is 2.82. The van der Waals surface area contributed by atoms with E-state index in [4.69, 9.17) is 0 Å². The van der Waals surface area contributed by atoms with E-state index in [1.165, 1.54) is 4.31 Å².